The van der Waals surface area contributed by atoms with E-state index in [0.717, 1.165) is 0 Å². The molecule has 1 N–H and O–H groups in total. The minimum absolute atomic E-state index is 0.00674. The molecule has 0 aromatic rings. The van der Waals surface area contributed by atoms with Crippen LogP contribution in [0.1, 0.15) is 13.3 Å². The van der Waals surface area contributed by atoms with Crippen LogP contribution in [0.2, 0.25) is 0 Å². The second-order valence-corrected chi connectivity index (χ2v) is 4.15. The predicted molar refractivity (Wildman–Crippen MR) is 60.5 cm³/mol. The highest BCUT2D eigenvalue weighted by atomic mass is 19.4. The van der Waals surface area contributed by atoms with Crippen LogP contribution in [0.15, 0.2) is 12.7 Å². The Kier molecular flexibility index (Phi) is 6.23. The summed E-state index contributed by atoms with van der Waals surface area (Å²) in [6, 6.07) is 0.162. The van der Waals surface area contributed by atoms with Crippen molar-refractivity contribution in [1.29, 1.82) is 0 Å². The van der Waals surface area contributed by atoms with Crippen molar-refractivity contribution in [3.05, 3.63) is 12.7 Å². The highest BCUT2D eigenvalue weighted by Crippen LogP contribution is 2.16. The Balaban J connectivity index is 4.10. The van der Waals surface area contributed by atoms with Gasteiger partial charge in [0.15, 0.2) is 0 Å². The Morgan fingerprint density at radius 2 is 2.00 bits per heavy atom. The summed E-state index contributed by atoms with van der Waals surface area (Å²) in [5, 5.41) is 1.85. The zero-order valence-electron chi connectivity index (χ0n) is 10.3. The average Bonchev–Trinajstić information content (AvgIpc) is 2.21. The maximum atomic E-state index is 11.9. The highest BCUT2D eigenvalue weighted by Gasteiger charge is 2.38. The van der Waals surface area contributed by atoms with Gasteiger partial charge in [0.25, 0.3) is 0 Å². The largest absolute Gasteiger partial charge is 0.471 e. The molecule has 17 heavy (non-hydrogen) atoms. The van der Waals surface area contributed by atoms with Gasteiger partial charge in [-0.3, -0.25) is 4.79 Å². The van der Waals surface area contributed by atoms with Crippen molar-refractivity contribution in [1.82, 2.24) is 10.2 Å². The van der Waals surface area contributed by atoms with E-state index in [1.54, 1.807) is 6.08 Å². The smallest absolute Gasteiger partial charge is 0.348 e. The molecule has 0 rings (SSSR count). The van der Waals surface area contributed by atoms with Crippen LogP contribution in [0, 0.1) is 5.92 Å². The molecule has 0 fully saturated rings. The van der Waals surface area contributed by atoms with E-state index in [0.29, 0.717) is 6.42 Å². The van der Waals surface area contributed by atoms with E-state index in [-0.39, 0.29) is 18.5 Å². The van der Waals surface area contributed by atoms with Crippen molar-refractivity contribution < 1.29 is 18.0 Å². The lowest BCUT2D eigenvalue weighted by Gasteiger charge is -2.27. The maximum Gasteiger partial charge on any atom is 0.471 e. The van der Waals surface area contributed by atoms with Gasteiger partial charge in [-0.15, -0.1) is 6.58 Å². The molecule has 0 saturated carbocycles. The summed E-state index contributed by atoms with van der Waals surface area (Å²) in [5.41, 5.74) is 0. The van der Waals surface area contributed by atoms with Gasteiger partial charge in [0.1, 0.15) is 0 Å². The van der Waals surface area contributed by atoms with Crippen LogP contribution >= 0.6 is 0 Å². The van der Waals surface area contributed by atoms with Crippen molar-refractivity contribution in [3.63, 3.8) is 0 Å². The first kappa shape index (κ1) is 16.0. The Morgan fingerprint density at radius 3 is 2.35 bits per heavy atom. The maximum absolute atomic E-state index is 11.9. The average molecular weight is 252 g/mol. The normalized spacial score (nSPS) is 15.5. The number of alkyl halides is 3. The molecule has 0 aliphatic carbocycles. The van der Waals surface area contributed by atoms with E-state index >= 15 is 0 Å². The van der Waals surface area contributed by atoms with Crippen LogP contribution in [0.4, 0.5) is 13.2 Å². The summed E-state index contributed by atoms with van der Waals surface area (Å²) in [6.45, 7) is 5.60. The summed E-state index contributed by atoms with van der Waals surface area (Å²) in [5.74, 6) is -1.85. The number of amides is 1. The van der Waals surface area contributed by atoms with Crippen molar-refractivity contribution in [2.75, 3.05) is 20.6 Å². The van der Waals surface area contributed by atoms with Crippen LogP contribution in [0.3, 0.4) is 0 Å². The quantitative estimate of drug-likeness (QED) is 0.731. The molecule has 2 unspecified atom stereocenters. The zero-order chi connectivity index (χ0) is 13.6. The van der Waals surface area contributed by atoms with Crippen LogP contribution < -0.4 is 5.32 Å². The number of hydrogen-bond donors (Lipinski definition) is 1. The number of rotatable bonds is 6. The van der Waals surface area contributed by atoms with Gasteiger partial charge >= 0.3 is 12.1 Å². The molecule has 6 heteroatoms. The fraction of sp³-hybridized carbons (Fsp3) is 0.727. The molecule has 1 amide bonds. The van der Waals surface area contributed by atoms with E-state index in [9.17, 15) is 18.0 Å². The summed E-state index contributed by atoms with van der Waals surface area (Å²) in [4.78, 5) is 12.5. The Morgan fingerprint density at radius 1 is 1.47 bits per heavy atom. The molecule has 0 aliphatic heterocycles. The lowest BCUT2D eigenvalue weighted by Crippen LogP contribution is -2.39. The third-order valence-corrected chi connectivity index (χ3v) is 2.76. The Bertz CT molecular complexity index is 264. The number of nitrogens with one attached hydrogen (secondary N) is 1. The molecule has 0 bridgehead atoms. The number of nitrogens with zero attached hydrogens (tertiary/aromatic N) is 1. The Hall–Kier alpha value is -1.04. The third-order valence-electron chi connectivity index (χ3n) is 2.76. The monoisotopic (exact) mass is 252 g/mol. The molecule has 100 valence electrons. The van der Waals surface area contributed by atoms with E-state index in [4.69, 9.17) is 0 Å². The molecule has 0 saturated heterocycles. The summed E-state index contributed by atoms with van der Waals surface area (Å²) < 4.78 is 35.7. The molecule has 0 radical (unpaired) electrons. The fourth-order valence-corrected chi connectivity index (χ4v) is 1.39. The first-order valence-electron chi connectivity index (χ1n) is 5.34. The number of carbonyl (C=O) groups is 1. The van der Waals surface area contributed by atoms with Gasteiger partial charge in [0.05, 0.1) is 0 Å². The molecular formula is C11H19F3N2O. The van der Waals surface area contributed by atoms with Crippen molar-refractivity contribution in [2.45, 2.75) is 25.6 Å². The molecule has 2 atom stereocenters. The number of hydrogen-bond acceptors (Lipinski definition) is 2. The van der Waals surface area contributed by atoms with E-state index in [2.05, 4.69) is 6.58 Å². The molecular weight excluding hydrogens is 233 g/mol. The highest BCUT2D eigenvalue weighted by molar-refractivity contribution is 5.81. The first-order valence-corrected chi connectivity index (χ1v) is 5.34. The molecule has 0 spiro atoms. The Labute approximate surface area is 99.7 Å². The van der Waals surface area contributed by atoms with Gasteiger partial charge in [-0.2, -0.15) is 13.2 Å². The first-order chi connectivity index (χ1) is 7.70. The third kappa shape index (κ3) is 5.72. The predicted octanol–water partition coefficient (Wildman–Crippen LogP) is 1.81. The molecule has 0 aromatic carbocycles. The molecule has 0 heterocycles. The van der Waals surface area contributed by atoms with Crippen molar-refractivity contribution in [3.8, 4) is 0 Å². The lowest BCUT2D eigenvalue weighted by molar-refractivity contribution is -0.173. The minimum atomic E-state index is -4.81. The number of halogens is 3. The van der Waals surface area contributed by atoms with Gasteiger partial charge in [0, 0.05) is 12.6 Å². The van der Waals surface area contributed by atoms with Crippen molar-refractivity contribution >= 4 is 5.91 Å². The minimum Gasteiger partial charge on any atom is -0.348 e. The second-order valence-electron chi connectivity index (χ2n) is 4.15. The summed E-state index contributed by atoms with van der Waals surface area (Å²) in [7, 11) is 3.77. The van der Waals surface area contributed by atoms with E-state index < -0.39 is 12.1 Å². The van der Waals surface area contributed by atoms with Crippen LogP contribution in [0.25, 0.3) is 0 Å². The fourth-order valence-electron chi connectivity index (χ4n) is 1.39. The molecule has 0 aromatic heterocycles. The van der Waals surface area contributed by atoms with Crippen LogP contribution in [0.5, 0.6) is 0 Å². The van der Waals surface area contributed by atoms with Crippen LogP contribution in [-0.2, 0) is 4.79 Å². The molecule has 3 nitrogen and oxygen atoms in total. The second kappa shape index (κ2) is 6.64. The van der Waals surface area contributed by atoms with Crippen LogP contribution in [-0.4, -0.2) is 43.7 Å². The topological polar surface area (TPSA) is 32.3 Å². The number of carbonyl (C=O) groups excluding carboxylic acids is 1. The van der Waals surface area contributed by atoms with E-state index in [1.807, 2.05) is 31.2 Å². The lowest BCUT2D eigenvalue weighted by atomic mass is 9.97. The zero-order valence-corrected chi connectivity index (χ0v) is 10.3. The SMILES string of the molecule is C=CC(CCNC(=O)C(F)(F)F)C(C)N(C)C. The summed E-state index contributed by atoms with van der Waals surface area (Å²) >= 11 is 0. The van der Waals surface area contributed by atoms with Gasteiger partial charge in [0.2, 0.25) is 0 Å². The van der Waals surface area contributed by atoms with Gasteiger partial charge in [-0.1, -0.05) is 6.08 Å². The van der Waals surface area contributed by atoms with Gasteiger partial charge in [-0.25, -0.2) is 0 Å². The summed E-state index contributed by atoms with van der Waals surface area (Å²) in [6.07, 6.45) is -2.67. The van der Waals surface area contributed by atoms with Crippen molar-refractivity contribution in [2.24, 2.45) is 5.92 Å². The molecule has 0 aliphatic rings. The van der Waals surface area contributed by atoms with Gasteiger partial charge < -0.3 is 10.2 Å². The van der Waals surface area contributed by atoms with E-state index in [1.165, 1.54) is 0 Å². The standard InChI is InChI=1S/C11H19F3N2O/c1-5-9(8(2)16(3)4)6-7-15-10(17)11(12,13)14/h5,8-9H,1,6-7H2,2-4H3,(H,15,17). The van der Waals surface area contributed by atoms with Gasteiger partial charge in [-0.05, 0) is 33.4 Å².